The van der Waals surface area contributed by atoms with Crippen LogP contribution >= 0.6 is 0 Å². The van der Waals surface area contributed by atoms with Gasteiger partial charge in [-0.25, -0.2) is 0 Å². The first-order chi connectivity index (χ1) is 26.1. The Balaban J connectivity index is 1.30. The van der Waals surface area contributed by atoms with Crippen LogP contribution in [0.25, 0.3) is 0 Å². The van der Waals surface area contributed by atoms with Gasteiger partial charge >= 0.3 is 11.9 Å². The number of likely N-dealkylation sites (N-methyl/N-ethyl adjacent to an activating group) is 1. The van der Waals surface area contributed by atoms with Gasteiger partial charge in [0.25, 0.3) is 0 Å². The number of fused-ring (bicyclic) bond motifs is 7. The Labute approximate surface area is 335 Å². The van der Waals surface area contributed by atoms with Crippen LogP contribution in [-0.4, -0.2) is 76.1 Å². The van der Waals surface area contributed by atoms with Gasteiger partial charge in [-0.2, -0.15) is 0 Å². The highest BCUT2D eigenvalue weighted by Crippen LogP contribution is 2.77. The minimum atomic E-state index is -1.18. The van der Waals surface area contributed by atoms with Crippen molar-refractivity contribution in [1.29, 1.82) is 0 Å². The molecule has 10 nitrogen and oxygen atoms in total. The van der Waals surface area contributed by atoms with E-state index >= 15 is 0 Å². The Hall–Kier alpha value is -3.11. The minimum Gasteiger partial charge on any atom is -0.481 e. The highest BCUT2D eigenvalue weighted by molar-refractivity contribution is 6.00. The van der Waals surface area contributed by atoms with Crippen LogP contribution < -0.4 is 5.32 Å². The third kappa shape index (κ3) is 6.76. The Morgan fingerprint density at radius 1 is 1.00 bits per heavy atom. The van der Waals surface area contributed by atoms with E-state index in [4.69, 9.17) is 4.74 Å². The summed E-state index contributed by atoms with van der Waals surface area (Å²) >= 11 is 0. The fraction of sp³-hybridized carbons (Fsp3) is 0.761. The average Bonchev–Trinajstić information content (AvgIpc) is 3.43. The largest absolute Gasteiger partial charge is 0.481 e. The minimum absolute atomic E-state index is 0.0147. The predicted molar refractivity (Wildman–Crippen MR) is 215 cm³/mol. The zero-order valence-electron chi connectivity index (χ0n) is 35.8. The summed E-state index contributed by atoms with van der Waals surface area (Å²) in [7, 11) is 1.75. The zero-order chi connectivity index (χ0) is 41.2. The second kappa shape index (κ2) is 14.9. The van der Waals surface area contributed by atoms with Crippen molar-refractivity contribution in [3.05, 3.63) is 41.2 Å². The lowest BCUT2D eigenvalue weighted by molar-refractivity contribution is -0.235. The van der Waals surface area contributed by atoms with Gasteiger partial charge in [0.15, 0.2) is 5.78 Å². The summed E-state index contributed by atoms with van der Waals surface area (Å²) in [6.45, 7) is 20.0. The molecular weight excluding hydrogens is 707 g/mol. The molecule has 1 aromatic rings. The quantitative estimate of drug-likeness (QED) is 0.185. The van der Waals surface area contributed by atoms with Crippen molar-refractivity contribution >= 4 is 23.6 Å². The van der Waals surface area contributed by atoms with Crippen molar-refractivity contribution in [2.24, 2.45) is 56.2 Å². The number of esters is 1. The molecule has 0 radical (unpaired) electrons. The molecule has 1 heterocycles. The van der Waals surface area contributed by atoms with Gasteiger partial charge in [-0.1, -0.05) is 60.1 Å². The molecule has 0 saturated heterocycles. The van der Waals surface area contributed by atoms with Crippen molar-refractivity contribution in [2.75, 3.05) is 20.1 Å². The van der Waals surface area contributed by atoms with Crippen LogP contribution in [0.1, 0.15) is 132 Å². The molecule has 310 valence electrons. The smallest absolute Gasteiger partial charge is 0.309 e. The van der Waals surface area contributed by atoms with Crippen molar-refractivity contribution < 1.29 is 34.1 Å². The summed E-state index contributed by atoms with van der Waals surface area (Å²) in [5, 5.41) is 25.2. The monoisotopic (exact) mass is 776 g/mol. The number of carbonyl (C=O) groups excluding carboxylic acids is 3. The molecule has 0 spiro atoms. The summed E-state index contributed by atoms with van der Waals surface area (Å²) < 4.78 is 6.17. The van der Waals surface area contributed by atoms with Crippen LogP contribution in [0.5, 0.6) is 0 Å². The lowest BCUT2D eigenvalue weighted by atomic mass is 9.33. The number of aliphatic hydroxyl groups excluding tert-OH is 1. The number of ketones is 1. The van der Waals surface area contributed by atoms with E-state index in [-0.39, 0.29) is 70.8 Å². The van der Waals surface area contributed by atoms with Crippen LogP contribution in [0.2, 0.25) is 0 Å². The number of ether oxygens (including phenoxy) is 1. The molecule has 3 N–H and O–H groups in total. The first-order valence-corrected chi connectivity index (χ1v) is 21.3. The number of carbonyl (C=O) groups is 4. The number of pyridine rings is 1. The van der Waals surface area contributed by atoms with Crippen LogP contribution in [0.4, 0.5) is 0 Å². The zero-order valence-corrected chi connectivity index (χ0v) is 35.8. The predicted octanol–water partition coefficient (Wildman–Crippen LogP) is 7.38. The maximum Gasteiger partial charge on any atom is 0.309 e. The first kappa shape index (κ1) is 42.5. The molecule has 6 rings (SSSR count). The first-order valence-electron chi connectivity index (χ1n) is 21.3. The van der Waals surface area contributed by atoms with Crippen molar-refractivity contribution in [3.8, 4) is 0 Å². The Kier molecular flexibility index (Phi) is 11.3. The fourth-order valence-electron chi connectivity index (χ4n) is 13.5. The van der Waals surface area contributed by atoms with E-state index in [0.717, 1.165) is 56.1 Å². The number of aliphatic hydroxyl groups is 1. The van der Waals surface area contributed by atoms with Crippen LogP contribution in [0, 0.1) is 56.2 Å². The molecule has 0 aromatic carbocycles. The highest BCUT2D eigenvalue weighted by atomic mass is 16.5. The third-order valence-corrected chi connectivity index (χ3v) is 16.7. The molecule has 9 unspecified atom stereocenters. The molecule has 4 fully saturated rings. The van der Waals surface area contributed by atoms with Gasteiger partial charge in [0.1, 0.15) is 6.10 Å². The number of nitrogens with one attached hydrogen (secondary N) is 1. The second-order valence-electron chi connectivity index (χ2n) is 20.7. The van der Waals surface area contributed by atoms with E-state index in [1.807, 2.05) is 12.1 Å². The number of nitrogens with zero attached hydrogens (tertiary/aromatic N) is 2. The van der Waals surface area contributed by atoms with Gasteiger partial charge in [0.05, 0.1) is 24.5 Å². The van der Waals surface area contributed by atoms with Crippen LogP contribution in [0.15, 0.2) is 35.7 Å². The summed E-state index contributed by atoms with van der Waals surface area (Å²) in [5.74, 6) is -0.434. The molecule has 10 heteroatoms. The number of Topliss-reactive ketones (excluding diaryl/α,β-unsaturated/α-hetero) is 1. The van der Waals surface area contributed by atoms with E-state index in [1.165, 1.54) is 5.57 Å². The molecule has 5 aliphatic rings. The number of amides is 1. The summed E-state index contributed by atoms with van der Waals surface area (Å²) in [6.07, 6.45) is 9.77. The van der Waals surface area contributed by atoms with Crippen LogP contribution in [-0.2, 0) is 30.5 Å². The molecule has 0 bridgehead atoms. The molecule has 0 aliphatic heterocycles. The number of hydrogen-bond acceptors (Lipinski definition) is 8. The molecule has 5 aliphatic carbocycles. The van der Waals surface area contributed by atoms with E-state index < -0.39 is 28.9 Å². The number of aromatic nitrogens is 1. The number of carboxylic acids is 1. The van der Waals surface area contributed by atoms with Gasteiger partial charge in [-0.3, -0.25) is 24.2 Å². The SMILES string of the molecule is CNCC(=O)N(Cc1cccnc1)CC(O)C12CCC3(C)C(CCC4C5(C)CCC(OC(=O)CC(C)(C)C(=O)O)C(C)(C)C5CCC43C)C1=C(C(C)C)C(=O)C2. The van der Waals surface area contributed by atoms with Gasteiger partial charge < -0.3 is 25.2 Å². The number of carboxylic acid groups (broad SMARTS) is 1. The van der Waals surface area contributed by atoms with Gasteiger partial charge in [0.2, 0.25) is 5.91 Å². The van der Waals surface area contributed by atoms with Crippen molar-refractivity contribution in [2.45, 2.75) is 145 Å². The molecule has 1 amide bonds. The van der Waals surface area contributed by atoms with E-state index in [0.29, 0.717) is 31.2 Å². The topological polar surface area (TPSA) is 146 Å². The van der Waals surface area contributed by atoms with E-state index in [9.17, 15) is 29.4 Å². The van der Waals surface area contributed by atoms with E-state index in [2.05, 4.69) is 58.8 Å². The normalized spacial score (nSPS) is 35.5. The van der Waals surface area contributed by atoms with Gasteiger partial charge in [-0.15, -0.1) is 0 Å². The van der Waals surface area contributed by atoms with Gasteiger partial charge in [-0.05, 0) is 129 Å². The standard InChI is InChI=1S/C46H69N3O7/c1-28(2)38-31(50)22-46(34(51)27-49(36(52)25-47-10)26-29-12-11-21-48-24-29)20-19-44(8)30(39(38)46)13-14-33-43(7)17-16-35(56-37(53)23-41(3,4)40(54)55)42(5,6)32(43)15-18-45(33,44)9/h11-12,21,24,28,30,32-35,47,51H,13-20,22-23,25-27H2,1-10H3,(H,54,55). The Morgan fingerprint density at radius 2 is 1.71 bits per heavy atom. The van der Waals surface area contributed by atoms with E-state index in [1.54, 1.807) is 38.2 Å². The number of aliphatic carboxylic acids is 1. The van der Waals surface area contributed by atoms with Crippen LogP contribution in [0.3, 0.4) is 0 Å². The third-order valence-electron chi connectivity index (χ3n) is 16.7. The molecule has 4 saturated carbocycles. The average molecular weight is 776 g/mol. The number of allylic oxidation sites excluding steroid dienone is 1. The number of hydrogen-bond donors (Lipinski definition) is 3. The lowest BCUT2D eigenvalue weighted by Crippen LogP contribution is -2.66. The molecule has 1 aromatic heterocycles. The van der Waals surface area contributed by atoms with Gasteiger partial charge in [0, 0.05) is 42.7 Å². The van der Waals surface area contributed by atoms with Crippen molar-refractivity contribution in [3.63, 3.8) is 0 Å². The second-order valence-corrected chi connectivity index (χ2v) is 20.7. The molecule has 56 heavy (non-hydrogen) atoms. The number of rotatable bonds is 12. The summed E-state index contributed by atoms with van der Waals surface area (Å²) in [6, 6.07) is 3.80. The maximum atomic E-state index is 14.2. The lowest BCUT2D eigenvalue weighted by Gasteiger charge is -2.72. The molecule has 9 atom stereocenters. The molecular formula is C46H69N3O7. The van der Waals surface area contributed by atoms with Crippen molar-refractivity contribution in [1.82, 2.24) is 15.2 Å². The highest BCUT2D eigenvalue weighted by Gasteiger charge is 2.71. The Bertz CT molecular complexity index is 1740. The summed E-state index contributed by atoms with van der Waals surface area (Å²) in [4.78, 5) is 58.7. The summed E-state index contributed by atoms with van der Waals surface area (Å²) in [5.41, 5.74) is 0.729. The maximum absolute atomic E-state index is 14.2. The Morgan fingerprint density at radius 3 is 2.34 bits per heavy atom. The fourth-order valence-corrected chi connectivity index (χ4v) is 13.5.